The summed E-state index contributed by atoms with van der Waals surface area (Å²) < 4.78 is 12.0. The second kappa shape index (κ2) is 15.0. The SMILES string of the molecule is CC1(c2ccc3c(c2)C2(c4ccccc4-c4ccc(N(c5ccc6c(c5)C(C)(C)c5ccccc5-6)c5ccccc5-c5ccccc5)cc42)c2cc(C4(C)CCOCC4)ccc2-3)CCOCC1. The minimum absolute atomic E-state index is 0.0335. The van der Waals surface area contributed by atoms with Crippen molar-refractivity contribution in [2.45, 2.75) is 75.0 Å². The van der Waals surface area contributed by atoms with E-state index in [1.807, 2.05) is 0 Å². The maximum Gasteiger partial charge on any atom is 0.0726 e. The van der Waals surface area contributed by atoms with E-state index in [-0.39, 0.29) is 16.2 Å². The number of rotatable bonds is 6. The fraction of sp³-hybridized carbons (Fsp3) is 0.250. The van der Waals surface area contributed by atoms with Crippen LogP contribution in [-0.2, 0) is 31.1 Å². The van der Waals surface area contributed by atoms with E-state index in [1.54, 1.807) is 0 Å². The lowest BCUT2D eigenvalue weighted by atomic mass is 9.67. The fourth-order valence-corrected chi connectivity index (χ4v) is 13.1. The molecular weight excluding hydrogens is 815 g/mol. The molecule has 8 aromatic rings. The van der Waals surface area contributed by atoms with Gasteiger partial charge in [0.25, 0.3) is 0 Å². The summed E-state index contributed by atoms with van der Waals surface area (Å²) in [6, 6.07) is 67.8. The Balaban J connectivity index is 1.09. The zero-order valence-corrected chi connectivity index (χ0v) is 39.2. The van der Waals surface area contributed by atoms with Crippen molar-refractivity contribution in [1.29, 1.82) is 0 Å². The van der Waals surface area contributed by atoms with Gasteiger partial charge in [-0.2, -0.15) is 0 Å². The first-order valence-electron chi connectivity index (χ1n) is 24.6. The molecule has 3 aliphatic carbocycles. The molecule has 2 fully saturated rings. The van der Waals surface area contributed by atoms with Gasteiger partial charge in [-0.15, -0.1) is 0 Å². The molecule has 67 heavy (non-hydrogen) atoms. The molecule has 0 atom stereocenters. The molecule has 0 unspecified atom stereocenters. The number of hydrogen-bond acceptors (Lipinski definition) is 3. The Morgan fingerprint density at radius 3 is 1.36 bits per heavy atom. The third-order valence-electron chi connectivity index (χ3n) is 17.1. The molecule has 0 N–H and O–H groups in total. The number of anilines is 3. The van der Waals surface area contributed by atoms with Crippen molar-refractivity contribution in [3.05, 3.63) is 220 Å². The van der Waals surface area contributed by atoms with Crippen molar-refractivity contribution in [2.75, 3.05) is 31.3 Å². The summed E-state index contributed by atoms with van der Waals surface area (Å²) in [4.78, 5) is 2.55. The number of nitrogens with zero attached hydrogens (tertiary/aromatic N) is 1. The van der Waals surface area contributed by atoms with Crippen LogP contribution in [0.15, 0.2) is 176 Å². The number of benzene rings is 8. The Bertz CT molecular complexity index is 3200. The average molecular weight is 872 g/mol. The Morgan fingerprint density at radius 2 is 0.776 bits per heavy atom. The maximum absolute atomic E-state index is 5.98. The van der Waals surface area contributed by atoms with E-state index in [1.165, 1.54) is 89.0 Å². The highest BCUT2D eigenvalue weighted by atomic mass is 16.5. The first-order chi connectivity index (χ1) is 32.7. The van der Waals surface area contributed by atoms with Gasteiger partial charge in [-0.3, -0.25) is 0 Å². The summed E-state index contributed by atoms with van der Waals surface area (Å²) in [7, 11) is 0. The van der Waals surface area contributed by atoms with Crippen LogP contribution in [-0.4, -0.2) is 26.4 Å². The number of ether oxygens (including phenoxy) is 2. The van der Waals surface area contributed by atoms with E-state index in [0.717, 1.165) is 69.2 Å². The Hall–Kier alpha value is -6.52. The zero-order valence-electron chi connectivity index (χ0n) is 39.2. The molecule has 0 bridgehead atoms. The molecular formula is C64H57NO2. The molecule has 1 spiro atoms. The first kappa shape index (κ1) is 40.7. The Labute approximate surface area is 396 Å². The predicted molar refractivity (Wildman–Crippen MR) is 275 cm³/mol. The van der Waals surface area contributed by atoms with Gasteiger partial charge in [-0.25, -0.2) is 0 Å². The summed E-state index contributed by atoms with van der Waals surface area (Å²) in [5.41, 5.74) is 24.3. The minimum Gasteiger partial charge on any atom is -0.381 e. The van der Waals surface area contributed by atoms with Crippen LogP contribution >= 0.6 is 0 Å². The molecule has 2 saturated heterocycles. The third-order valence-corrected chi connectivity index (χ3v) is 17.1. The predicted octanol–water partition coefficient (Wildman–Crippen LogP) is 15.6. The monoisotopic (exact) mass is 871 g/mol. The van der Waals surface area contributed by atoms with E-state index < -0.39 is 5.41 Å². The van der Waals surface area contributed by atoms with Crippen LogP contribution in [0.25, 0.3) is 44.5 Å². The lowest BCUT2D eigenvalue weighted by Gasteiger charge is -2.37. The number of para-hydroxylation sites is 1. The highest BCUT2D eigenvalue weighted by Crippen LogP contribution is 2.65. The fourth-order valence-electron chi connectivity index (χ4n) is 13.1. The Kier molecular flexibility index (Phi) is 9.11. The molecule has 330 valence electrons. The van der Waals surface area contributed by atoms with Crippen molar-refractivity contribution >= 4 is 17.1 Å². The number of hydrogen-bond donors (Lipinski definition) is 0. The molecule has 3 nitrogen and oxygen atoms in total. The average Bonchev–Trinajstić information content (AvgIpc) is 3.92. The van der Waals surface area contributed by atoms with Crippen molar-refractivity contribution in [2.24, 2.45) is 0 Å². The van der Waals surface area contributed by atoms with Crippen LogP contribution in [0.1, 0.15) is 97.9 Å². The van der Waals surface area contributed by atoms with Gasteiger partial charge in [-0.05, 0) is 150 Å². The van der Waals surface area contributed by atoms with E-state index in [0.29, 0.717) is 0 Å². The second-order valence-electron chi connectivity index (χ2n) is 21.0. The molecule has 2 aliphatic heterocycles. The van der Waals surface area contributed by atoms with Gasteiger partial charge in [0, 0.05) is 48.8 Å². The van der Waals surface area contributed by atoms with Crippen molar-refractivity contribution in [3.8, 4) is 44.5 Å². The standard InChI is InChI=1S/C64H57NO2/c1-61(2)54-19-11-8-17-48(54)50-28-24-45(40-56(50)61)65(60-21-13-10-16-47(60)42-14-6-5-7-15-42)46-25-29-53-49-18-9-12-20-55(49)64(59(53)41-46)57-38-43(62(3)30-34-66-35-31-62)22-26-51(57)52-27-23-44(39-58(52)64)63(4)32-36-67-37-33-63/h5-29,38-41H,30-37H2,1-4H3. The highest BCUT2D eigenvalue weighted by molar-refractivity contribution is 5.98. The lowest BCUT2D eigenvalue weighted by molar-refractivity contribution is 0.0563. The lowest BCUT2D eigenvalue weighted by Crippen LogP contribution is -2.32. The van der Waals surface area contributed by atoms with Gasteiger partial charge in [0.2, 0.25) is 0 Å². The molecule has 0 saturated carbocycles. The molecule has 13 rings (SSSR count). The molecule has 0 radical (unpaired) electrons. The number of fused-ring (bicyclic) bond motifs is 13. The second-order valence-corrected chi connectivity index (χ2v) is 21.0. The van der Waals surface area contributed by atoms with Crippen LogP contribution in [0.3, 0.4) is 0 Å². The topological polar surface area (TPSA) is 21.7 Å². The summed E-state index contributed by atoms with van der Waals surface area (Å²) >= 11 is 0. The van der Waals surface area contributed by atoms with E-state index in [4.69, 9.17) is 9.47 Å². The summed E-state index contributed by atoms with van der Waals surface area (Å²) in [6.45, 7) is 12.9. The van der Waals surface area contributed by atoms with Gasteiger partial charge in [-0.1, -0.05) is 173 Å². The third kappa shape index (κ3) is 5.90. The van der Waals surface area contributed by atoms with Crippen LogP contribution in [0, 0.1) is 0 Å². The molecule has 2 heterocycles. The zero-order chi connectivity index (χ0) is 45.1. The van der Waals surface area contributed by atoms with E-state index in [2.05, 4.69) is 209 Å². The molecule has 0 aromatic heterocycles. The quantitative estimate of drug-likeness (QED) is 0.166. The van der Waals surface area contributed by atoms with Crippen LogP contribution < -0.4 is 4.90 Å². The van der Waals surface area contributed by atoms with Crippen LogP contribution in [0.2, 0.25) is 0 Å². The highest BCUT2D eigenvalue weighted by Gasteiger charge is 2.53. The molecule has 3 heteroatoms. The van der Waals surface area contributed by atoms with E-state index >= 15 is 0 Å². The first-order valence-corrected chi connectivity index (χ1v) is 24.6. The molecule has 0 amide bonds. The normalized spacial score (nSPS) is 18.3. The van der Waals surface area contributed by atoms with Gasteiger partial charge in [0.15, 0.2) is 0 Å². The molecule has 5 aliphatic rings. The van der Waals surface area contributed by atoms with Gasteiger partial charge in [0.05, 0.1) is 11.1 Å². The van der Waals surface area contributed by atoms with Crippen LogP contribution in [0.5, 0.6) is 0 Å². The largest absolute Gasteiger partial charge is 0.381 e. The van der Waals surface area contributed by atoms with Gasteiger partial charge in [0.1, 0.15) is 0 Å². The summed E-state index contributed by atoms with van der Waals surface area (Å²) in [5, 5.41) is 0. The van der Waals surface area contributed by atoms with Gasteiger partial charge < -0.3 is 14.4 Å². The Morgan fingerprint density at radius 1 is 0.358 bits per heavy atom. The summed E-state index contributed by atoms with van der Waals surface area (Å²) in [6.07, 6.45) is 4.08. The van der Waals surface area contributed by atoms with E-state index in [9.17, 15) is 0 Å². The van der Waals surface area contributed by atoms with Gasteiger partial charge >= 0.3 is 0 Å². The van der Waals surface area contributed by atoms with Crippen molar-refractivity contribution in [1.82, 2.24) is 0 Å². The smallest absolute Gasteiger partial charge is 0.0726 e. The van der Waals surface area contributed by atoms with Crippen molar-refractivity contribution in [3.63, 3.8) is 0 Å². The maximum atomic E-state index is 5.98. The van der Waals surface area contributed by atoms with Crippen LogP contribution in [0.4, 0.5) is 17.1 Å². The minimum atomic E-state index is -0.534. The van der Waals surface area contributed by atoms with Crippen molar-refractivity contribution < 1.29 is 9.47 Å². The summed E-state index contributed by atoms with van der Waals surface area (Å²) in [5.74, 6) is 0. The molecule has 8 aromatic carbocycles.